The van der Waals surface area contributed by atoms with Crippen molar-refractivity contribution in [2.45, 2.75) is 32.4 Å². The molecule has 1 N–H and O–H groups in total. The van der Waals surface area contributed by atoms with Crippen molar-refractivity contribution in [2.75, 3.05) is 18.4 Å². The fraction of sp³-hybridized carbons (Fsp3) is 0.500. The summed E-state index contributed by atoms with van der Waals surface area (Å²) < 4.78 is 1.00. The summed E-state index contributed by atoms with van der Waals surface area (Å²) in [4.78, 5) is 2.46. The van der Waals surface area contributed by atoms with Gasteiger partial charge in [-0.3, -0.25) is 4.90 Å². The van der Waals surface area contributed by atoms with Crippen LogP contribution in [0.4, 0.5) is 5.69 Å². The summed E-state index contributed by atoms with van der Waals surface area (Å²) in [6.45, 7) is 6.63. The third kappa shape index (κ3) is 3.04. The van der Waals surface area contributed by atoms with Crippen molar-refractivity contribution < 1.29 is 0 Å². The maximum atomic E-state index is 9.11. The number of halogens is 1. The van der Waals surface area contributed by atoms with Gasteiger partial charge in [0.15, 0.2) is 0 Å². The molecular weight excluding hydrogens is 290 g/mol. The van der Waals surface area contributed by atoms with Gasteiger partial charge < -0.3 is 5.32 Å². The number of nitriles is 1. The summed E-state index contributed by atoms with van der Waals surface area (Å²) >= 11 is 3.45. The van der Waals surface area contributed by atoms with Crippen molar-refractivity contribution in [3.63, 3.8) is 0 Å². The van der Waals surface area contributed by atoms with Gasteiger partial charge in [-0.25, -0.2) is 0 Å². The van der Waals surface area contributed by atoms with Crippen molar-refractivity contribution in [1.82, 2.24) is 4.90 Å². The summed E-state index contributed by atoms with van der Waals surface area (Å²) in [5.74, 6) is 0. The molecule has 1 fully saturated rings. The van der Waals surface area contributed by atoms with E-state index in [0.717, 1.165) is 29.7 Å². The minimum atomic E-state index is 0.439. The minimum absolute atomic E-state index is 0.439. The number of nitrogens with zero attached hydrogens (tertiary/aromatic N) is 2. The van der Waals surface area contributed by atoms with E-state index in [-0.39, 0.29) is 0 Å². The SMILES string of the molecule is CC(C)N1CCC(Nc2cc(Br)ccc2C#N)C1. The zero-order valence-electron chi connectivity index (χ0n) is 10.8. The molecule has 0 aromatic heterocycles. The second-order valence-corrected chi connectivity index (χ2v) is 5.94. The van der Waals surface area contributed by atoms with E-state index in [1.165, 1.54) is 0 Å². The van der Waals surface area contributed by atoms with Crippen molar-refractivity contribution in [1.29, 1.82) is 5.26 Å². The zero-order valence-corrected chi connectivity index (χ0v) is 12.4. The first kappa shape index (κ1) is 13.4. The van der Waals surface area contributed by atoms with Gasteiger partial charge in [0.25, 0.3) is 0 Å². The summed E-state index contributed by atoms with van der Waals surface area (Å²) in [5.41, 5.74) is 1.64. The normalized spacial score (nSPS) is 20.1. The maximum Gasteiger partial charge on any atom is 0.101 e. The Kier molecular flexibility index (Phi) is 4.26. The number of hydrogen-bond acceptors (Lipinski definition) is 3. The molecule has 0 saturated carbocycles. The summed E-state index contributed by atoms with van der Waals surface area (Å²) in [6.07, 6.45) is 1.13. The van der Waals surface area contributed by atoms with Crippen LogP contribution in [0.25, 0.3) is 0 Å². The van der Waals surface area contributed by atoms with Crippen LogP contribution in [0.2, 0.25) is 0 Å². The molecule has 1 heterocycles. The lowest BCUT2D eigenvalue weighted by molar-refractivity contribution is 0.274. The molecule has 0 bridgehead atoms. The Morgan fingerprint density at radius 2 is 2.28 bits per heavy atom. The van der Waals surface area contributed by atoms with Crippen LogP contribution in [0, 0.1) is 11.3 Å². The smallest absolute Gasteiger partial charge is 0.101 e. The molecule has 1 atom stereocenters. The fourth-order valence-corrected chi connectivity index (χ4v) is 2.69. The van der Waals surface area contributed by atoms with Gasteiger partial charge in [-0.15, -0.1) is 0 Å². The van der Waals surface area contributed by atoms with Crippen LogP contribution in [0.3, 0.4) is 0 Å². The molecule has 1 aromatic rings. The van der Waals surface area contributed by atoms with E-state index < -0.39 is 0 Å². The van der Waals surface area contributed by atoms with Gasteiger partial charge >= 0.3 is 0 Å². The summed E-state index contributed by atoms with van der Waals surface area (Å²) in [7, 11) is 0. The molecule has 1 saturated heterocycles. The second-order valence-electron chi connectivity index (χ2n) is 5.02. The van der Waals surface area contributed by atoms with E-state index >= 15 is 0 Å². The van der Waals surface area contributed by atoms with E-state index in [1.54, 1.807) is 0 Å². The van der Waals surface area contributed by atoms with Crippen LogP contribution < -0.4 is 5.32 Å². The van der Waals surface area contributed by atoms with Gasteiger partial charge in [-0.05, 0) is 38.5 Å². The molecule has 1 aromatic carbocycles. The fourth-order valence-electron chi connectivity index (χ4n) is 2.33. The number of hydrogen-bond donors (Lipinski definition) is 1. The average Bonchev–Trinajstić information content (AvgIpc) is 2.78. The Balaban J connectivity index is 2.07. The molecule has 0 radical (unpaired) electrons. The average molecular weight is 308 g/mol. The molecule has 4 heteroatoms. The quantitative estimate of drug-likeness (QED) is 0.932. The lowest BCUT2D eigenvalue weighted by Crippen LogP contribution is -2.31. The Morgan fingerprint density at radius 1 is 1.50 bits per heavy atom. The predicted molar refractivity (Wildman–Crippen MR) is 77.6 cm³/mol. The van der Waals surface area contributed by atoms with Crippen molar-refractivity contribution in [3.05, 3.63) is 28.2 Å². The highest BCUT2D eigenvalue weighted by Crippen LogP contribution is 2.24. The number of benzene rings is 1. The number of rotatable bonds is 3. The number of anilines is 1. The highest BCUT2D eigenvalue weighted by atomic mass is 79.9. The summed E-state index contributed by atoms with van der Waals surface area (Å²) in [6, 6.07) is 9.00. The lowest BCUT2D eigenvalue weighted by atomic mass is 10.1. The monoisotopic (exact) mass is 307 g/mol. The molecule has 1 aliphatic heterocycles. The molecular formula is C14H18BrN3. The van der Waals surface area contributed by atoms with Crippen LogP contribution >= 0.6 is 15.9 Å². The largest absolute Gasteiger partial charge is 0.380 e. The predicted octanol–water partition coefficient (Wildman–Crippen LogP) is 3.22. The first-order valence-corrected chi connectivity index (χ1v) is 7.09. The molecule has 0 spiro atoms. The lowest BCUT2D eigenvalue weighted by Gasteiger charge is -2.21. The highest BCUT2D eigenvalue weighted by Gasteiger charge is 2.24. The van der Waals surface area contributed by atoms with E-state index in [1.807, 2.05) is 18.2 Å². The van der Waals surface area contributed by atoms with E-state index in [9.17, 15) is 0 Å². The van der Waals surface area contributed by atoms with E-state index in [2.05, 4.69) is 46.1 Å². The molecule has 18 heavy (non-hydrogen) atoms. The third-order valence-electron chi connectivity index (χ3n) is 3.41. The second kappa shape index (κ2) is 5.73. The van der Waals surface area contributed by atoms with Crippen LogP contribution in [-0.2, 0) is 0 Å². The Bertz CT molecular complexity index is 465. The first-order valence-electron chi connectivity index (χ1n) is 6.30. The highest BCUT2D eigenvalue weighted by molar-refractivity contribution is 9.10. The minimum Gasteiger partial charge on any atom is -0.380 e. The topological polar surface area (TPSA) is 39.1 Å². The van der Waals surface area contributed by atoms with Gasteiger partial charge in [0.1, 0.15) is 6.07 Å². The van der Waals surface area contributed by atoms with Gasteiger partial charge in [0.2, 0.25) is 0 Å². The van der Waals surface area contributed by atoms with Gasteiger partial charge in [0.05, 0.1) is 11.3 Å². The van der Waals surface area contributed by atoms with Gasteiger partial charge in [0, 0.05) is 29.6 Å². The van der Waals surface area contributed by atoms with Crippen LogP contribution in [0.1, 0.15) is 25.8 Å². The first-order chi connectivity index (χ1) is 8.60. The molecule has 3 nitrogen and oxygen atoms in total. The van der Waals surface area contributed by atoms with Crippen molar-refractivity contribution in [3.8, 4) is 6.07 Å². The Hall–Kier alpha value is -1.05. The third-order valence-corrected chi connectivity index (χ3v) is 3.90. The van der Waals surface area contributed by atoms with E-state index in [4.69, 9.17) is 5.26 Å². The number of nitrogens with one attached hydrogen (secondary N) is 1. The van der Waals surface area contributed by atoms with Crippen LogP contribution in [-0.4, -0.2) is 30.1 Å². The number of likely N-dealkylation sites (tertiary alicyclic amines) is 1. The Morgan fingerprint density at radius 3 is 2.89 bits per heavy atom. The van der Waals surface area contributed by atoms with E-state index in [0.29, 0.717) is 17.6 Å². The maximum absolute atomic E-state index is 9.11. The van der Waals surface area contributed by atoms with Crippen molar-refractivity contribution >= 4 is 21.6 Å². The van der Waals surface area contributed by atoms with Crippen LogP contribution in [0.15, 0.2) is 22.7 Å². The molecule has 0 aliphatic carbocycles. The molecule has 1 aliphatic rings. The summed E-state index contributed by atoms with van der Waals surface area (Å²) in [5, 5.41) is 12.6. The van der Waals surface area contributed by atoms with Crippen LogP contribution in [0.5, 0.6) is 0 Å². The van der Waals surface area contributed by atoms with Gasteiger partial charge in [-0.2, -0.15) is 5.26 Å². The standard InChI is InChI=1S/C14H18BrN3/c1-10(2)18-6-5-13(9-18)17-14-7-12(15)4-3-11(14)8-16/h3-4,7,10,13,17H,5-6,9H2,1-2H3. The molecule has 0 amide bonds. The Labute approximate surface area is 117 Å². The molecule has 2 rings (SSSR count). The molecule has 1 unspecified atom stereocenters. The molecule has 96 valence electrons. The van der Waals surface area contributed by atoms with Crippen molar-refractivity contribution in [2.24, 2.45) is 0 Å². The zero-order chi connectivity index (χ0) is 13.1. The van der Waals surface area contributed by atoms with Gasteiger partial charge in [-0.1, -0.05) is 15.9 Å².